The van der Waals surface area contributed by atoms with E-state index in [2.05, 4.69) is 15.4 Å². The molecule has 0 fully saturated rings. The van der Waals surface area contributed by atoms with Gasteiger partial charge in [0.15, 0.2) is 5.69 Å². The Morgan fingerprint density at radius 2 is 2.17 bits per heavy atom. The Kier molecular flexibility index (Phi) is 3.43. The van der Waals surface area contributed by atoms with E-state index in [4.69, 9.17) is 4.42 Å². The van der Waals surface area contributed by atoms with Gasteiger partial charge in [-0.05, 0) is 6.07 Å². The third-order valence-electron chi connectivity index (χ3n) is 3.04. The van der Waals surface area contributed by atoms with Gasteiger partial charge in [0.1, 0.15) is 17.5 Å². The first-order chi connectivity index (χ1) is 10.8. The second kappa shape index (κ2) is 5.30. The molecule has 0 atom stereocenters. The van der Waals surface area contributed by atoms with E-state index in [9.17, 15) is 22.8 Å². The highest BCUT2D eigenvalue weighted by molar-refractivity contribution is 5.93. The maximum absolute atomic E-state index is 12.4. The molecule has 3 aromatic rings. The molecule has 0 aliphatic rings. The Morgan fingerprint density at radius 1 is 1.39 bits per heavy atom. The van der Waals surface area contributed by atoms with Crippen LogP contribution in [-0.2, 0) is 12.7 Å². The van der Waals surface area contributed by atoms with Gasteiger partial charge < -0.3 is 14.7 Å². The van der Waals surface area contributed by atoms with E-state index in [0.29, 0.717) is 6.26 Å². The second-order valence-corrected chi connectivity index (χ2v) is 4.63. The number of fused-ring (bicyclic) bond motifs is 1. The van der Waals surface area contributed by atoms with Crippen LogP contribution in [0, 0.1) is 0 Å². The van der Waals surface area contributed by atoms with Crippen molar-refractivity contribution in [1.29, 1.82) is 0 Å². The van der Waals surface area contributed by atoms with Gasteiger partial charge in [0, 0.05) is 18.5 Å². The smallest absolute Gasteiger partial charge is 0.419 e. The molecule has 10 heteroatoms. The van der Waals surface area contributed by atoms with E-state index in [1.807, 2.05) is 0 Å². The molecule has 0 radical (unpaired) electrons. The Bertz CT molecular complexity index is 922. The number of alkyl halides is 3. The molecule has 2 N–H and O–H groups in total. The predicted molar refractivity (Wildman–Crippen MR) is 70.7 cm³/mol. The fourth-order valence-corrected chi connectivity index (χ4v) is 1.93. The summed E-state index contributed by atoms with van der Waals surface area (Å²) in [6, 6.07) is 2.08. The highest BCUT2D eigenvalue weighted by Gasteiger charge is 2.32. The molecule has 0 aliphatic carbocycles. The topological polar surface area (TPSA) is 92.4 Å². The lowest BCUT2D eigenvalue weighted by Crippen LogP contribution is -2.23. The molecule has 0 aliphatic heterocycles. The number of carbonyl (C=O) groups is 1. The van der Waals surface area contributed by atoms with Crippen LogP contribution in [-0.4, -0.2) is 20.5 Å². The van der Waals surface area contributed by atoms with Crippen LogP contribution in [0.3, 0.4) is 0 Å². The van der Waals surface area contributed by atoms with Crippen LogP contribution >= 0.6 is 0 Å². The molecule has 3 aromatic heterocycles. The molecule has 120 valence electrons. The van der Waals surface area contributed by atoms with E-state index in [0.717, 1.165) is 6.07 Å². The highest BCUT2D eigenvalue weighted by atomic mass is 19.4. The lowest BCUT2D eigenvalue weighted by atomic mass is 10.3. The largest absolute Gasteiger partial charge is 0.467 e. The number of hydrogen-bond acceptors (Lipinski definition) is 4. The number of nitrogens with one attached hydrogen (secondary N) is 2. The molecule has 0 saturated carbocycles. The van der Waals surface area contributed by atoms with Crippen LogP contribution in [0.2, 0.25) is 0 Å². The Morgan fingerprint density at radius 3 is 2.83 bits per heavy atom. The normalized spacial score (nSPS) is 11.8. The van der Waals surface area contributed by atoms with Crippen LogP contribution in [0.25, 0.3) is 5.52 Å². The molecule has 0 bridgehead atoms. The van der Waals surface area contributed by atoms with Crippen molar-refractivity contribution in [2.75, 3.05) is 0 Å². The van der Waals surface area contributed by atoms with Crippen molar-refractivity contribution < 1.29 is 22.4 Å². The lowest BCUT2D eigenvalue weighted by Gasteiger charge is -2.00. The van der Waals surface area contributed by atoms with Gasteiger partial charge in [-0.1, -0.05) is 0 Å². The molecular formula is C13H9F3N4O3. The summed E-state index contributed by atoms with van der Waals surface area (Å²) in [5.74, 6) is -0.689. The zero-order valence-corrected chi connectivity index (χ0v) is 11.3. The maximum atomic E-state index is 12.4. The van der Waals surface area contributed by atoms with Crippen LogP contribution in [0.5, 0.6) is 0 Å². The monoisotopic (exact) mass is 326 g/mol. The average molecular weight is 326 g/mol. The van der Waals surface area contributed by atoms with Gasteiger partial charge in [-0.15, -0.1) is 0 Å². The first-order valence-corrected chi connectivity index (χ1v) is 6.34. The number of aromatic nitrogens is 3. The fraction of sp³-hybridized carbons (Fsp3) is 0.154. The van der Waals surface area contributed by atoms with Gasteiger partial charge in [0.05, 0.1) is 12.1 Å². The summed E-state index contributed by atoms with van der Waals surface area (Å²) >= 11 is 0. The Labute approximate surface area is 125 Å². The molecule has 0 unspecified atom stereocenters. The van der Waals surface area contributed by atoms with Crippen LogP contribution in [0.4, 0.5) is 13.2 Å². The quantitative estimate of drug-likeness (QED) is 0.764. The summed E-state index contributed by atoms with van der Waals surface area (Å²) in [4.78, 5) is 25.9. The van der Waals surface area contributed by atoms with Crippen molar-refractivity contribution in [2.24, 2.45) is 0 Å². The molecule has 1 amide bonds. The highest BCUT2D eigenvalue weighted by Crippen LogP contribution is 2.30. The van der Waals surface area contributed by atoms with E-state index in [-0.39, 0.29) is 23.5 Å². The Hall–Kier alpha value is -3.04. The minimum absolute atomic E-state index is 0.0377. The third kappa shape index (κ3) is 2.96. The minimum atomic E-state index is -4.51. The minimum Gasteiger partial charge on any atom is -0.467 e. The van der Waals surface area contributed by atoms with Crippen molar-refractivity contribution in [3.05, 3.63) is 58.2 Å². The number of hydrogen-bond donors (Lipinski definition) is 2. The summed E-state index contributed by atoms with van der Waals surface area (Å²) in [5, 5.41) is 6.28. The first kappa shape index (κ1) is 14.9. The van der Waals surface area contributed by atoms with Crippen LogP contribution in [0.1, 0.15) is 21.8 Å². The molecule has 3 heterocycles. The maximum Gasteiger partial charge on any atom is 0.419 e. The summed E-state index contributed by atoms with van der Waals surface area (Å²) in [6.45, 7) is -0.237. The van der Waals surface area contributed by atoms with E-state index >= 15 is 0 Å². The number of nitrogens with zero attached hydrogens (tertiary/aromatic N) is 2. The number of carbonyl (C=O) groups excluding carboxylic acids is 1. The zero-order valence-electron chi connectivity index (χ0n) is 11.3. The summed E-state index contributed by atoms with van der Waals surface area (Å²) in [5.41, 5.74) is -1.21. The van der Waals surface area contributed by atoms with Crippen molar-refractivity contribution in [3.63, 3.8) is 0 Å². The molecule has 3 rings (SSSR count). The van der Waals surface area contributed by atoms with Gasteiger partial charge in [0.25, 0.3) is 11.5 Å². The number of amides is 1. The van der Waals surface area contributed by atoms with Gasteiger partial charge in [-0.3, -0.25) is 9.59 Å². The summed E-state index contributed by atoms with van der Waals surface area (Å²) < 4.78 is 43.2. The number of halogens is 3. The van der Waals surface area contributed by atoms with Crippen LogP contribution < -0.4 is 10.9 Å². The lowest BCUT2D eigenvalue weighted by molar-refractivity contribution is -0.137. The van der Waals surface area contributed by atoms with Crippen molar-refractivity contribution in [3.8, 4) is 0 Å². The van der Waals surface area contributed by atoms with Crippen molar-refractivity contribution in [1.82, 2.24) is 19.9 Å². The first-order valence-electron chi connectivity index (χ1n) is 6.34. The Balaban J connectivity index is 1.72. The van der Waals surface area contributed by atoms with Crippen molar-refractivity contribution >= 4 is 11.4 Å². The molecule has 23 heavy (non-hydrogen) atoms. The van der Waals surface area contributed by atoms with Crippen molar-refractivity contribution in [2.45, 2.75) is 12.7 Å². The van der Waals surface area contributed by atoms with E-state index in [1.54, 1.807) is 0 Å². The van der Waals surface area contributed by atoms with Crippen LogP contribution in [0.15, 0.2) is 40.0 Å². The van der Waals surface area contributed by atoms with Gasteiger partial charge >= 0.3 is 6.18 Å². The molecule has 7 nitrogen and oxygen atoms in total. The number of aromatic amines is 1. The summed E-state index contributed by atoms with van der Waals surface area (Å²) in [7, 11) is 0. The molecule has 0 saturated heterocycles. The number of rotatable bonds is 3. The summed E-state index contributed by atoms with van der Waals surface area (Å²) in [6.07, 6.45) is -1.11. The standard InChI is InChI=1S/C13H9F3N4O3/c14-13(15,16)7-3-8(23-6-7)5-18-11(21)9-4-10-12(22)17-1-2-20(10)19-9/h1-4,6H,5H2,(H,17,22)(H,18,21). The third-order valence-corrected chi connectivity index (χ3v) is 3.04. The molecule has 0 spiro atoms. The molecule has 0 aromatic carbocycles. The van der Waals surface area contributed by atoms with Gasteiger partial charge in [0.2, 0.25) is 0 Å². The SMILES string of the molecule is O=C(NCc1cc(C(F)(F)F)co1)c1cc2c(=O)[nH]ccn2n1. The average Bonchev–Trinajstić information content (AvgIpc) is 3.11. The molecular weight excluding hydrogens is 317 g/mol. The number of H-pyrrole nitrogens is 1. The fourth-order valence-electron chi connectivity index (χ4n) is 1.93. The van der Waals surface area contributed by atoms with Gasteiger partial charge in [-0.2, -0.15) is 18.3 Å². The zero-order chi connectivity index (χ0) is 16.6. The predicted octanol–water partition coefficient (Wildman–Crippen LogP) is 1.56. The van der Waals surface area contributed by atoms with Gasteiger partial charge in [-0.25, -0.2) is 4.52 Å². The second-order valence-electron chi connectivity index (χ2n) is 4.63. The number of furan rings is 1. The van der Waals surface area contributed by atoms with E-state index in [1.165, 1.54) is 23.0 Å². The van der Waals surface area contributed by atoms with E-state index < -0.39 is 23.2 Å².